The van der Waals surface area contributed by atoms with E-state index in [1.165, 1.54) is 0 Å². The molecule has 0 bridgehead atoms. The van der Waals surface area contributed by atoms with Gasteiger partial charge in [-0.25, -0.2) is 0 Å². The van der Waals surface area contributed by atoms with Crippen molar-refractivity contribution in [1.29, 1.82) is 0 Å². The van der Waals surface area contributed by atoms with E-state index in [9.17, 15) is 0 Å². The first kappa shape index (κ1) is 13.4. The molecule has 0 atom stereocenters. The summed E-state index contributed by atoms with van der Waals surface area (Å²) in [6.07, 6.45) is 5.39. The third-order valence-electron chi connectivity index (χ3n) is 3.35. The second kappa shape index (κ2) is 6.22. The number of aromatic nitrogens is 3. The molecule has 0 aliphatic heterocycles. The van der Waals surface area contributed by atoms with Crippen LogP contribution in [0, 0.1) is 6.92 Å². The summed E-state index contributed by atoms with van der Waals surface area (Å²) in [6, 6.07) is 14.0. The van der Waals surface area contributed by atoms with Crippen molar-refractivity contribution in [1.82, 2.24) is 14.8 Å². The molecule has 0 aliphatic carbocycles. The van der Waals surface area contributed by atoms with Crippen molar-refractivity contribution in [2.24, 2.45) is 0 Å². The van der Waals surface area contributed by atoms with Crippen LogP contribution in [0.15, 0.2) is 61.1 Å². The summed E-state index contributed by atoms with van der Waals surface area (Å²) in [4.78, 5) is 4.04. The maximum atomic E-state index is 5.83. The first-order chi connectivity index (χ1) is 10.3. The number of ether oxygens (including phenoxy) is 1. The van der Waals surface area contributed by atoms with Crippen LogP contribution >= 0.6 is 0 Å². The van der Waals surface area contributed by atoms with Gasteiger partial charge in [0.05, 0.1) is 12.2 Å². The largest absolute Gasteiger partial charge is 0.491 e. The van der Waals surface area contributed by atoms with Gasteiger partial charge in [-0.3, -0.25) is 9.67 Å². The van der Waals surface area contributed by atoms with E-state index in [0.29, 0.717) is 13.2 Å². The van der Waals surface area contributed by atoms with Crippen molar-refractivity contribution in [2.75, 3.05) is 6.61 Å². The van der Waals surface area contributed by atoms with Gasteiger partial charge in [0, 0.05) is 24.2 Å². The highest BCUT2D eigenvalue weighted by molar-refractivity contribution is 5.58. The number of pyridine rings is 1. The fourth-order valence-corrected chi connectivity index (χ4v) is 2.24. The number of hydrogen-bond donors (Lipinski definition) is 0. The molecule has 0 N–H and O–H groups in total. The molecule has 3 rings (SSSR count). The molecular weight excluding hydrogens is 262 g/mol. The number of rotatable bonds is 5. The second-order valence-corrected chi connectivity index (χ2v) is 4.79. The lowest BCUT2D eigenvalue weighted by molar-refractivity contribution is 0.290. The molecule has 0 unspecified atom stereocenters. The quantitative estimate of drug-likeness (QED) is 0.719. The van der Waals surface area contributed by atoms with Crippen LogP contribution in [0.1, 0.15) is 5.56 Å². The van der Waals surface area contributed by atoms with Crippen LogP contribution in [0.5, 0.6) is 5.75 Å². The normalized spacial score (nSPS) is 10.5. The van der Waals surface area contributed by atoms with E-state index < -0.39 is 0 Å². The Bertz CT molecular complexity index is 707. The molecule has 0 aliphatic rings. The molecule has 0 saturated carbocycles. The van der Waals surface area contributed by atoms with Gasteiger partial charge in [-0.05, 0) is 36.8 Å². The van der Waals surface area contributed by atoms with Gasteiger partial charge in [0.2, 0.25) is 0 Å². The first-order valence-electron chi connectivity index (χ1n) is 6.95. The minimum Gasteiger partial charge on any atom is -0.491 e. The van der Waals surface area contributed by atoms with E-state index >= 15 is 0 Å². The van der Waals surface area contributed by atoms with E-state index in [2.05, 4.69) is 10.1 Å². The molecule has 0 spiro atoms. The molecule has 2 aromatic heterocycles. The van der Waals surface area contributed by atoms with E-state index in [-0.39, 0.29) is 0 Å². The summed E-state index contributed by atoms with van der Waals surface area (Å²) < 4.78 is 7.78. The third kappa shape index (κ3) is 3.11. The van der Waals surface area contributed by atoms with Crippen LogP contribution in [0.25, 0.3) is 11.3 Å². The number of nitrogens with zero attached hydrogens (tertiary/aromatic N) is 3. The molecule has 4 heteroatoms. The summed E-state index contributed by atoms with van der Waals surface area (Å²) in [7, 11) is 0. The summed E-state index contributed by atoms with van der Waals surface area (Å²) in [5, 5.41) is 4.36. The number of hydrogen-bond acceptors (Lipinski definition) is 3. The van der Waals surface area contributed by atoms with Crippen LogP contribution in [-0.2, 0) is 6.54 Å². The lowest BCUT2D eigenvalue weighted by Gasteiger charge is -2.11. The fraction of sp³-hybridized carbons (Fsp3) is 0.176. The van der Waals surface area contributed by atoms with E-state index in [1.54, 1.807) is 12.4 Å². The smallest absolute Gasteiger partial charge is 0.122 e. The molecule has 106 valence electrons. The standard InChI is InChI=1S/C17H17N3O/c1-14-4-2-3-5-17(14)21-13-12-20-16(8-11-19-20)15-6-9-18-10-7-15/h2-11H,12-13H2,1H3. The van der Waals surface area contributed by atoms with Crippen molar-refractivity contribution >= 4 is 0 Å². The molecule has 0 fully saturated rings. The Labute approximate surface area is 124 Å². The van der Waals surface area contributed by atoms with Crippen LogP contribution in [0.3, 0.4) is 0 Å². The van der Waals surface area contributed by atoms with Crippen LogP contribution in [-0.4, -0.2) is 21.4 Å². The summed E-state index contributed by atoms with van der Waals surface area (Å²) in [5.41, 5.74) is 3.33. The molecule has 21 heavy (non-hydrogen) atoms. The van der Waals surface area contributed by atoms with Crippen LogP contribution in [0.4, 0.5) is 0 Å². The van der Waals surface area contributed by atoms with Gasteiger partial charge in [0.25, 0.3) is 0 Å². The van der Waals surface area contributed by atoms with Crippen molar-refractivity contribution in [3.63, 3.8) is 0 Å². The van der Waals surface area contributed by atoms with Crippen LogP contribution in [0.2, 0.25) is 0 Å². The van der Waals surface area contributed by atoms with Crippen molar-refractivity contribution in [2.45, 2.75) is 13.5 Å². The van der Waals surface area contributed by atoms with E-state index in [0.717, 1.165) is 22.6 Å². The Kier molecular flexibility index (Phi) is 3.96. The minimum absolute atomic E-state index is 0.588. The highest BCUT2D eigenvalue weighted by atomic mass is 16.5. The fourth-order valence-electron chi connectivity index (χ4n) is 2.24. The number of aryl methyl sites for hydroxylation is 1. The highest BCUT2D eigenvalue weighted by Gasteiger charge is 2.05. The van der Waals surface area contributed by atoms with Gasteiger partial charge < -0.3 is 4.74 Å². The summed E-state index contributed by atoms with van der Waals surface area (Å²) >= 11 is 0. The molecule has 1 aromatic carbocycles. The topological polar surface area (TPSA) is 39.9 Å². The molecular formula is C17H17N3O. The Morgan fingerprint density at radius 2 is 1.81 bits per heavy atom. The van der Waals surface area contributed by atoms with E-state index in [4.69, 9.17) is 4.74 Å². The molecule has 4 nitrogen and oxygen atoms in total. The van der Waals surface area contributed by atoms with Gasteiger partial charge in [-0.1, -0.05) is 18.2 Å². The lowest BCUT2D eigenvalue weighted by atomic mass is 10.2. The Morgan fingerprint density at radius 1 is 1.00 bits per heavy atom. The molecule has 3 aromatic rings. The number of para-hydroxylation sites is 1. The predicted molar refractivity (Wildman–Crippen MR) is 82.1 cm³/mol. The zero-order chi connectivity index (χ0) is 14.5. The first-order valence-corrected chi connectivity index (χ1v) is 6.95. The molecule has 0 amide bonds. The van der Waals surface area contributed by atoms with Crippen molar-refractivity contribution in [3.05, 3.63) is 66.6 Å². The molecule has 0 saturated heterocycles. The Morgan fingerprint density at radius 3 is 2.62 bits per heavy atom. The van der Waals surface area contributed by atoms with E-state index in [1.807, 2.05) is 60.3 Å². The average molecular weight is 279 g/mol. The maximum absolute atomic E-state index is 5.83. The third-order valence-corrected chi connectivity index (χ3v) is 3.35. The maximum Gasteiger partial charge on any atom is 0.122 e. The van der Waals surface area contributed by atoms with Gasteiger partial charge >= 0.3 is 0 Å². The van der Waals surface area contributed by atoms with Crippen molar-refractivity contribution < 1.29 is 4.74 Å². The molecule has 0 radical (unpaired) electrons. The SMILES string of the molecule is Cc1ccccc1OCCn1nccc1-c1ccncc1. The monoisotopic (exact) mass is 279 g/mol. The van der Waals surface area contributed by atoms with Gasteiger partial charge in [-0.2, -0.15) is 5.10 Å². The van der Waals surface area contributed by atoms with Crippen LogP contribution < -0.4 is 4.74 Å². The Hall–Kier alpha value is -2.62. The predicted octanol–water partition coefficient (Wildman–Crippen LogP) is 3.33. The van der Waals surface area contributed by atoms with Crippen molar-refractivity contribution in [3.8, 4) is 17.0 Å². The second-order valence-electron chi connectivity index (χ2n) is 4.79. The highest BCUT2D eigenvalue weighted by Crippen LogP contribution is 2.19. The average Bonchev–Trinajstić information content (AvgIpc) is 2.99. The lowest BCUT2D eigenvalue weighted by Crippen LogP contribution is -2.11. The van der Waals surface area contributed by atoms with Gasteiger partial charge in [0.1, 0.15) is 12.4 Å². The summed E-state index contributed by atoms with van der Waals surface area (Å²) in [5.74, 6) is 0.926. The summed E-state index contributed by atoms with van der Waals surface area (Å²) in [6.45, 7) is 3.34. The van der Waals surface area contributed by atoms with Gasteiger partial charge in [0.15, 0.2) is 0 Å². The minimum atomic E-state index is 0.588. The molecule has 2 heterocycles. The zero-order valence-electron chi connectivity index (χ0n) is 11.9. The Balaban J connectivity index is 1.67. The van der Waals surface area contributed by atoms with Gasteiger partial charge in [-0.15, -0.1) is 0 Å². The number of benzene rings is 1. The zero-order valence-corrected chi connectivity index (χ0v) is 11.9.